The van der Waals surface area contributed by atoms with Gasteiger partial charge < -0.3 is 63.8 Å². The molecule has 3 rings (SSSR count). The number of aliphatic hydroxyl groups excluding tert-OH is 1. The smallest absolute Gasteiger partial charge is 0.243 e. The van der Waals surface area contributed by atoms with E-state index < -0.39 is 108 Å². The van der Waals surface area contributed by atoms with Crippen LogP contribution in [0.3, 0.4) is 0 Å². The Morgan fingerprint density at radius 2 is 1.36 bits per heavy atom. The van der Waals surface area contributed by atoms with Crippen LogP contribution in [0.4, 0.5) is 0 Å². The Hall–Kier alpha value is -6.35. The minimum Gasteiger partial charge on any atom is -0.390 e. The van der Waals surface area contributed by atoms with Gasteiger partial charge >= 0.3 is 0 Å². The number of amides is 8. The van der Waals surface area contributed by atoms with E-state index in [1.165, 1.54) is 13.3 Å². The van der Waals surface area contributed by atoms with Crippen LogP contribution < -0.4 is 49.1 Å². The minimum atomic E-state index is -1.39. The molecule has 0 unspecified atom stereocenters. The Morgan fingerprint density at radius 1 is 0.742 bits per heavy atom. The molecule has 2 heterocycles. The Kier molecular flexibility index (Phi) is 20.8. The standard InChI is InChI=1S/C45H70N12O9/c1-23(2)15-32(36(58)19-38(60)52-33(40(48)61)16-24(3)4)53-44(65)35(18-28-21-57(8)22-50-28)55-45(66)39(25(5)6)56-41(62)26(7)51-43(64)34(54-42(63)30(46)13-14-37(47)59)17-27-20-49-31-12-10-9-11-29(27)31/h9-12,20-26,30,32-36,39,49,58H,13-19,46H2,1-8H3,(H2,47,59)(H2,48,61)(H,51,64)(H,52,60)(H,53,65)(H,54,63)(H,55,66)(H,56,62)/t26-,30-,32+,33-,34-,35-,36+,39-/m0/s1. The van der Waals surface area contributed by atoms with Crippen LogP contribution in [0, 0.1) is 17.8 Å². The number of aryl methyl sites for hydroxylation is 1. The minimum absolute atomic E-state index is 0.00548. The fourth-order valence-corrected chi connectivity index (χ4v) is 7.29. The molecule has 2 aromatic heterocycles. The van der Waals surface area contributed by atoms with Gasteiger partial charge in [-0.05, 0) is 55.6 Å². The number of hydrogen-bond donors (Lipinski definition) is 11. The number of imidazole rings is 1. The fourth-order valence-electron chi connectivity index (χ4n) is 7.29. The molecule has 66 heavy (non-hydrogen) atoms. The van der Waals surface area contributed by atoms with Crippen molar-refractivity contribution in [3.05, 3.63) is 54.2 Å². The molecular formula is C45H70N12O9. The third-order valence-corrected chi connectivity index (χ3v) is 10.9. The zero-order chi connectivity index (χ0) is 49.4. The van der Waals surface area contributed by atoms with Gasteiger partial charge in [-0.15, -0.1) is 0 Å². The topological polar surface area (TPSA) is 341 Å². The van der Waals surface area contributed by atoms with Crippen molar-refractivity contribution in [3.8, 4) is 0 Å². The van der Waals surface area contributed by atoms with Gasteiger partial charge in [-0.1, -0.05) is 59.7 Å². The third kappa shape index (κ3) is 17.2. The predicted molar refractivity (Wildman–Crippen MR) is 246 cm³/mol. The summed E-state index contributed by atoms with van der Waals surface area (Å²) in [6.45, 7) is 12.2. The van der Waals surface area contributed by atoms with Crippen molar-refractivity contribution in [2.45, 2.75) is 142 Å². The number of nitrogens with zero attached hydrogens (tertiary/aromatic N) is 2. The molecule has 0 radical (unpaired) electrons. The zero-order valence-corrected chi connectivity index (χ0v) is 39.2. The number of carbonyl (C=O) groups is 8. The summed E-state index contributed by atoms with van der Waals surface area (Å²) in [7, 11) is 1.73. The molecule has 0 bridgehead atoms. The van der Waals surface area contributed by atoms with Gasteiger partial charge in [-0.2, -0.15) is 0 Å². The Bertz CT molecular complexity index is 2150. The second-order valence-corrected chi connectivity index (χ2v) is 18.2. The largest absolute Gasteiger partial charge is 0.390 e. The third-order valence-electron chi connectivity index (χ3n) is 10.9. The summed E-state index contributed by atoms with van der Waals surface area (Å²) in [5.41, 5.74) is 18.7. The number of aromatic amines is 1. The van der Waals surface area contributed by atoms with Crippen LogP contribution in [0.5, 0.6) is 0 Å². The summed E-state index contributed by atoms with van der Waals surface area (Å²) < 4.78 is 1.66. The van der Waals surface area contributed by atoms with Crippen LogP contribution in [-0.4, -0.2) is 115 Å². The summed E-state index contributed by atoms with van der Waals surface area (Å²) in [5.74, 6) is -6.13. The lowest BCUT2D eigenvalue weighted by Crippen LogP contribution is -2.60. The molecule has 0 saturated carbocycles. The molecule has 0 aliphatic heterocycles. The first-order valence-electron chi connectivity index (χ1n) is 22.3. The molecule has 0 spiro atoms. The number of nitrogens with one attached hydrogen (secondary N) is 7. The Morgan fingerprint density at radius 3 is 1.95 bits per heavy atom. The molecule has 0 fully saturated rings. The van der Waals surface area contributed by atoms with E-state index in [1.54, 1.807) is 37.9 Å². The second-order valence-electron chi connectivity index (χ2n) is 18.2. The molecule has 364 valence electrons. The number of H-pyrrole nitrogens is 1. The highest BCUT2D eigenvalue weighted by atomic mass is 16.3. The number of para-hydroxylation sites is 1. The number of aromatic nitrogens is 3. The number of fused-ring (bicyclic) bond motifs is 1. The van der Waals surface area contributed by atoms with Crippen molar-refractivity contribution in [1.82, 2.24) is 46.4 Å². The summed E-state index contributed by atoms with van der Waals surface area (Å²) in [6.07, 6.45) is 3.33. The van der Waals surface area contributed by atoms with Gasteiger partial charge in [0.15, 0.2) is 0 Å². The maximum absolute atomic E-state index is 14.1. The van der Waals surface area contributed by atoms with Crippen LogP contribution in [-0.2, 0) is 58.2 Å². The number of hydrogen-bond acceptors (Lipinski definition) is 11. The van der Waals surface area contributed by atoms with E-state index in [9.17, 15) is 43.5 Å². The molecule has 21 heteroatoms. The maximum Gasteiger partial charge on any atom is 0.243 e. The average Bonchev–Trinajstić information content (AvgIpc) is 3.84. The molecule has 3 aromatic rings. The van der Waals surface area contributed by atoms with Gasteiger partial charge in [-0.3, -0.25) is 38.4 Å². The molecule has 0 saturated heterocycles. The summed E-state index contributed by atoms with van der Waals surface area (Å²) in [6, 6.07) is -0.626. The highest BCUT2D eigenvalue weighted by Gasteiger charge is 2.34. The van der Waals surface area contributed by atoms with E-state index in [4.69, 9.17) is 17.2 Å². The van der Waals surface area contributed by atoms with Gasteiger partial charge in [-0.25, -0.2) is 4.98 Å². The van der Waals surface area contributed by atoms with E-state index >= 15 is 0 Å². The van der Waals surface area contributed by atoms with Gasteiger partial charge in [0.25, 0.3) is 0 Å². The summed E-state index contributed by atoms with van der Waals surface area (Å²) in [4.78, 5) is 113. The van der Waals surface area contributed by atoms with Crippen molar-refractivity contribution in [2.24, 2.45) is 42.0 Å². The number of primary amides is 2. The molecule has 0 aliphatic carbocycles. The Labute approximate surface area is 385 Å². The van der Waals surface area contributed by atoms with Gasteiger partial charge in [0, 0.05) is 49.6 Å². The average molecular weight is 923 g/mol. The molecule has 8 amide bonds. The lowest BCUT2D eigenvalue weighted by atomic mass is 9.95. The van der Waals surface area contributed by atoms with E-state index in [0.29, 0.717) is 17.7 Å². The van der Waals surface area contributed by atoms with E-state index in [1.807, 2.05) is 52.0 Å². The van der Waals surface area contributed by atoms with Crippen LogP contribution in [0.2, 0.25) is 0 Å². The van der Waals surface area contributed by atoms with Crippen molar-refractivity contribution in [3.63, 3.8) is 0 Å². The lowest BCUT2D eigenvalue weighted by molar-refractivity contribution is -0.135. The second kappa shape index (κ2) is 25.4. The van der Waals surface area contributed by atoms with Crippen LogP contribution >= 0.6 is 0 Å². The number of rotatable bonds is 27. The van der Waals surface area contributed by atoms with Gasteiger partial charge in [0.1, 0.15) is 30.2 Å². The van der Waals surface area contributed by atoms with Crippen LogP contribution in [0.25, 0.3) is 10.9 Å². The molecule has 0 aliphatic rings. The Balaban J connectivity index is 1.79. The molecule has 21 nitrogen and oxygen atoms in total. The van der Waals surface area contributed by atoms with Gasteiger partial charge in [0.2, 0.25) is 47.3 Å². The van der Waals surface area contributed by atoms with Crippen molar-refractivity contribution in [1.29, 1.82) is 0 Å². The van der Waals surface area contributed by atoms with E-state index in [2.05, 4.69) is 41.9 Å². The monoisotopic (exact) mass is 923 g/mol. The lowest BCUT2D eigenvalue weighted by Gasteiger charge is -2.30. The molecule has 1 aromatic carbocycles. The number of benzene rings is 1. The summed E-state index contributed by atoms with van der Waals surface area (Å²) in [5, 5.41) is 28.1. The summed E-state index contributed by atoms with van der Waals surface area (Å²) >= 11 is 0. The van der Waals surface area contributed by atoms with E-state index in [-0.39, 0.29) is 43.9 Å². The molecular weight excluding hydrogens is 853 g/mol. The zero-order valence-electron chi connectivity index (χ0n) is 39.2. The van der Waals surface area contributed by atoms with Crippen molar-refractivity contribution < 1.29 is 43.5 Å². The number of aliphatic hydroxyl groups is 1. The van der Waals surface area contributed by atoms with Gasteiger partial charge in [0.05, 0.1) is 36.6 Å². The van der Waals surface area contributed by atoms with Crippen LogP contribution in [0.1, 0.15) is 91.8 Å². The highest BCUT2D eigenvalue weighted by Crippen LogP contribution is 2.20. The first-order chi connectivity index (χ1) is 30.9. The number of carbonyl (C=O) groups excluding carboxylic acids is 8. The van der Waals surface area contributed by atoms with E-state index in [0.717, 1.165) is 10.9 Å². The first kappa shape index (κ1) is 54.0. The maximum atomic E-state index is 14.1. The normalized spacial score (nSPS) is 15.2. The van der Waals surface area contributed by atoms with Crippen molar-refractivity contribution in [2.75, 3.05) is 0 Å². The SMILES string of the molecule is CC(C)C[C@H](NC(=O)C[C@@H](O)[C@@H](CC(C)C)NC(=O)[C@H](Cc1cn(C)cn1)NC(=O)[C@@H](NC(=O)[C@H](C)NC(=O)[C@H](Cc1c[nH]c2ccccc12)NC(=O)[C@@H](N)CCC(N)=O)C(C)C)C(N)=O. The number of nitrogens with two attached hydrogens (primary N) is 3. The molecule has 8 atom stereocenters. The fraction of sp³-hybridized carbons (Fsp3) is 0.578. The van der Waals surface area contributed by atoms with Crippen molar-refractivity contribution >= 4 is 58.2 Å². The predicted octanol–water partition coefficient (Wildman–Crippen LogP) is -0.807. The molecule has 14 N–H and O–H groups in total. The first-order valence-corrected chi connectivity index (χ1v) is 22.3. The van der Waals surface area contributed by atoms with Crippen LogP contribution in [0.15, 0.2) is 43.0 Å². The highest BCUT2D eigenvalue weighted by molar-refractivity contribution is 5.96. The quantitative estimate of drug-likeness (QED) is 0.0449.